The van der Waals surface area contributed by atoms with E-state index < -0.39 is 0 Å². The highest BCUT2D eigenvalue weighted by atomic mass is 19.1. The van der Waals surface area contributed by atoms with E-state index in [0.717, 1.165) is 29.2 Å². The van der Waals surface area contributed by atoms with E-state index in [-0.39, 0.29) is 5.82 Å². The number of rotatable bonds is 7. The van der Waals surface area contributed by atoms with Crippen LogP contribution in [0.3, 0.4) is 0 Å². The van der Waals surface area contributed by atoms with Crippen molar-refractivity contribution in [3.05, 3.63) is 77.2 Å². The van der Waals surface area contributed by atoms with Gasteiger partial charge in [-0.1, -0.05) is 38.1 Å². The van der Waals surface area contributed by atoms with Crippen LogP contribution in [0.2, 0.25) is 0 Å². The quantitative estimate of drug-likeness (QED) is 0.586. The molecule has 0 aliphatic carbocycles. The Kier molecular flexibility index (Phi) is 6.01. The summed E-state index contributed by atoms with van der Waals surface area (Å²) in [6, 6.07) is 16.8. The second-order valence-electron chi connectivity index (χ2n) is 6.92. The van der Waals surface area contributed by atoms with Crippen LogP contribution >= 0.6 is 0 Å². The fourth-order valence-electron chi connectivity index (χ4n) is 2.78. The minimum absolute atomic E-state index is 0.213. The second-order valence-corrected chi connectivity index (χ2v) is 6.92. The molecule has 0 saturated heterocycles. The Bertz CT molecular complexity index is 874. The summed E-state index contributed by atoms with van der Waals surface area (Å²) in [5, 5.41) is 6.58. The Balaban J connectivity index is 1.62. The summed E-state index contributed by atoms with van der Waals surface area (Å²) < 4.78 is 13.0. The molecule has 0 atom stereocenters. The maximum Gasteiger partial charge on any atom is 0.229 e. The van der Waals surface area contributed by atoms with E-state index in [4.69, 9.17) is 0 Å². The topological polar surface area (TPSA) is 49.8 Å². The first-order valence-corrected chi connectivity index (χ1v) is 9.20. The maximum absolute atomic E-state index is 13.0. The zero-order chi connectivity index (χ0) is 19.2. The molecule has 27 heavy (non-hydrogen) atoms. The first kappa shape index (κ1) is 18.8. The molecule has 0 fully saturated rings. The van der Waals surface area contributed by atoms with Gasteiger partial charge in [-0.2, -0.15) is 4.98 Å². The second kappa shape index (κ2) is 8.62. The van der Waals surface area contributed by atoms with E-state index >= 15 is 0 Å². The summed E-state index contributed by atoms with van der Waals surface area (Å²) in [5.41, 5.74) is 4.23. The molecular weight excluding hydrogens is 339 g/mol. The number of nitrogens with zero attached hydrogens (tertiary/aromatic N) is 2. The molecule has 2 N–H and O–H groups in total. The van der Waals surface area contributed by atoms with Gasteiger partial charge in [0.1, 0.15) is 11.6 Å². The number of hydrogen-bond donors (Lipinski definition) is 2. The van der Waals surface area contributed by atoms with Gasteiger partial charge in [0.15, 0.2) is 0 Å². The standard InChI is InChI=1S/C22H25FN4/c1-15(2)18-6-10-20(11-7-18)26-22-25-16(3)14-21(27-22)24-13-12-17-4-8-19(23)9-5-17/h4-11,14-15H,12-13H2,1-3H3,(H2,24,25,26,27). The average molecular weight is 364 g/mol. The third kappa shape index (κ3) is 5.51. The molecule has 0 bridgehead atoms. The van der Waals surface area contributed by atoms with Crippen molar-refractivity contribution in [1.29, 1.82) is 0 Å². The normalized spacial score (nSPS) is 10.9. The Morgan fingerprint density at radius 2 is 1.67 bits per heavy atom. The summed E-state index contributed by atoms with van der Waals surface area (Å²) in [5.74, 6) is 1.63. The molecule has 0 saturated carbocycles. The van der Waals surface area contributed by atoms with Gasteiger partial charge in [0.25, 0.3) is 0 Å². The monoisotopic (exact) mass is 364 g/mol. The molecule has 3 aromatic rings. The molecule has 0 spiro atoms. The van der Waals surface area contributed by atoms with Gasteiger partial charge in [-0.3, -0.25) is 0 Å². The third-order valence-corrected chi connectivity index (χ3v) is 4.32. The molecule has 2 aromatic carbocycles. The SMILES string of the molecule is Cc1cc(NCCc2ccc(F)cc2)nc(Nc2ccc(C(C)C)cc2)n1. The van der Waals surface area contributed by atoms with Crippen LogP contribution in [-0.2, 0) is 6.42 Å². The Labute approximate surface area is 159 Å². The van der Waals surface area contributed by atoms with Crippen LogP contribution in [-0.4, -0.2) is 16.5 Å². The lowest BCUT2D eigenvalue weighted by Gasteiger charge is -2.11. The highest BCUT2D eigenvalue weighted by Crippen LogP contribution is 2.20. The molecule has 5 heteroatoms. The smallest absolute Gasteiger partial charge is 0.229 e. The van der Waals surface area contributed by atoms with E-state index in [1.165, 1.54) is 17.7 Å². The minimum Gasteiger partial charge on any atom is -0.370 e. The lowest BCUT2D eigenvalue weighted by molar-refractivity contribution is 0.627. The number of aromatic nitrogens is 2. The fraction of sp³-hybridized carbons (Fsp3) is 0.273. The summed E-state index contributed by atoms with van der Waals surface area (Å²) in [4.78, 5) is 9.00. The van der Waals surface area contributed by atoms with Gasteiger partial charge < -0.3 is 10.6 Å². The van der Waals surface area contributed by atoms with Gasteiger partial charge >= 0.3 is 0 Å². The zero-order valence-corrected chi connectivity index (χ0v) is 16.0. The Morgan fingerprint density at radius 1 is 0.963 bits per heavy atom. The molecule has 140 valence electrons. The molecule has 1 aromatic heterocycles. The van der Waals surface area contributed by atoms with Crippen molar-refractivity contribution in [1.82, 2.24) is 9.97 Å². The molecule has 0 radical (unpaired) electrons. The van der Waals surface area contributed by atoms with Crippen LogP contribution in [0.4, 0.5) is 21.8 Å². The van der Waals surface area contributed by atoms with E-state index in [1.807, 2.05) is 25.1 Å². The van der Waals surface area contributed by atoms with Crippen molar-refractivity contribution in [2.45, 2.75) is 33.1 Å². The van der Waals surface area contributed by atoms with Gasteiger partial charge in [-0.25, -0.2) is 9.37 Å². The maximum atomic E-state index is 13.0. The first-order chi connectivity index (χ1) is 13.0. The third-order valence-electron chi connectivity index (χ3n) is 4.32. The van der Waals surface area contributed by atoms with Crippen LogP contribution < -0.4 is 10.6 Å². The van der Waals surface area contributed by atoms with Gasteiger partial charge in [-0.15, -0.1) is 0 Å². The molecule has 0 aliphatic rings. The highest BCUT2D eigenvalue weighted by Gasteiger charge is 2.04. The molecule has 4 nitrogen and oxygen atoms in total. The lowest BCUT2D eigenvalue weighted by Crippen LogP contribution is -2.08. The number of nitrogens with one attached hydrogen (secondary N) is 2. The van der Waals surface area contributed by atoms with E-state index in [2.05, 4.69) is 46.6 Å². The Morgan fingerprint density at radius 3 is 2.33 bits per heavy atom. The summed E-state index contributed by atoms with van der Waals surface area (Å²) in [6.45, 7) is 7.01. The number of anilines is 3. The molecule has 0 aliphatic heterocycles. The van der Waals surface area contributed by atoms with E-state index in [9.17, 15) is 4.39 Å². The van der Waals surface area contributed by atoms with Crippen LogP contribution in [0.25, 0.3) is 0 Å². The van der Waals surface area contributed by atoms with Gasteiger partial charge in [0.2, 0.25) is 5.95 Å². The largest absolute Gasteiger partial charge is 0.370 e. The molecule has 3 rings (SSSR count). The zero-order valence-electron chi connectivity index (χ0n) is 16.0. The van der Waals surface area contributed by atoms with E-state index in [0.29, 0.717) is 18.4 Å². The van der Waals surface area contributed by atoms with Crippen LogP contribution in [0.15, 0.2) is 54.6 Å². The van der Waals surface area contributed by atoms with Crippen molar-refractivity contribution in [2.75, 3.05) is 17.2 Å². The highest BCUT2D eigenvalue weighted by molar-refractivity contribution is 5.56. The van der Waals surface area contributed by atoms with Crippen molar-refractivity contribution in [2.24, 2.45) is 0 Å². The van der Waals surface area contributed by atoms with Gasteiger partial charge in [0.05, 0.1) is 0 Å². The molecule has 1 heterocycles. The predicted molar refractivity (Wildman–Crippen MR) is 109 cm³/mol. The molecule has 0 unspecified atom stereocenters. The summed E-state index contributed by atoms with van der Waals surface area (Å²) in [7, 11) is 0. The van der Waals surface area contributed by atoms with Crippen molar-refractivity contribution in [3.8, 4) is 0 Å². The van der Waals surface area contributed by atoms with Crippen LogP contribution in [0, 0.1) is 12.7 Å². The number of halogens is 1. The number of benzene rings is 2. The van der Waals surface area contributed by atoms with Crippen molar-refractivity contribution >= 4 is 17.5 Å². The minimum atomic E-state index is -0.213. The van der Waals surface area contributed by atoms with E-state index in [1.54, 1.807) is 12.1 Å². The van der Waals surface area contributed by atoms with Crippen LogP contribution in [0.5, 0.6) is 0 Å². The van der Waals surface area contributed by atoms with Gasteiger partial charge in [0, 0.05) is 24.0 Å². The summed E-state index contributed by atoms with van der Waals surface area (Å²) >= 11 is 0. The van der Waals surface area contributed by atoms with Gasteiger partial charge in [-0.05, 0) is 54.7 Å². The number of aryl methyl sites for hydroxylation is 1. The molecule has 0 amide bonds. The van der Waals surface area contributed by atoms with Crippen molar-refractivity contribution in [3.63, 3.8) is 0 Å². The van der Waals surface area contributed by atoms with Crippen LogP contribution in [0.1, 0.15) is 36.6 Å². The summed E-state index contributed by atoms with van der Waals surface area (Å²) in [6.07, 6.45) is 0.794. The predicted octanol–water partition coefficient (Wildman–Crippen LogP) is 5.45. The number of hydrogen-bond acceptors (Lipinski definition) is 4. The Hall–Kier alpha value is -2.95. The average Bonchev–Trinajstić information content (AvgIpc) is 2.63. The van der Waals surface area contributed by atoms with Crippen molar-refractivity contribution < 1.29 is 4.39 Å². The lowest BCUT2D eigenvalue weighted by atomic mass is 10.0. The first-order valence-electron chi connectivity index (χ1n) is 9.20. The molecular formula is C22H25FN4. The fourth-order valence-corrected chi connectivity index (χ4v) is 2.78.